The maximum atomic E-state index is 2.28. The topological polar surface area (TPSA) is 0 Å². The van der Waals surface area contributed by atoms with Crippen LogP contribution in [0.25, 0.3) is 0 Å². The lowest BCUT2D eigenvalue weighted by atomic mass is 9.97. The van der Waals surface area contributed by atoms with Gasteiger partial charge < -0.3 is 0 Å². The van der Waals surface area contributed by atoms with Crippen LogP contribution in [0.15, 0.2) is 34.9 Å². The quantitative estimate of drug-likeness (QED) is 0.477. The van der Waals surface area contributed by atoms with Crippen molar-refractivity contribution < 1.29 is 0 Å². The smallest absolute Gasteiger partial charge is 0.00948 e. The average molecular weight is 134 g/mol. The predicted molar refractivity (Wildman–Crippen MR) is 45.9 cm³/mol. The Morgan fingerprint density at radius 3 is 2.50 bits per heavy atom. The molecule has 0 nitrogen and oxygen atoms in total. The van der Waals surface area contributed by atoms with Crippen LogP contribution < -0.4 is 0 Å². The van der Waals surface area contributed by atoms with Crippen LogP contribution >= 0.6 is 0 Å². The highest BCUT2D eigenvalue weighted by Gasteiger charge is 2.00. The monoisotopic (exact) mass is 134 g/mol. The second kappa shape index (κ2) is 2.87. The highest BCUT2D eigenvalue weighted by atomic mass is 14.1. The number of rotatable bonds is 0. The molecule has 0 heterocycles. The van der Waals surface area contributed by atoms with Gasteiger partial charge in [-0.25, -0.2) is 0 Å². The predicted octanol–water partition coefficient (Wildman–Crippen LogP) is 3.23. The first kappa shape index (κ1) is 7.33. The zero-order valence-electron chi connectivity index (χ0n) is 6.94. The summed E-state index contributed by atoms with van der Waals surface area (Å²) in [7, 11) is 0. The fraction of sp³-hybridized carbons (Fsp3) is 0.400. The lowest BCUT2D eigenvalue weighted by molar-refractivity contribution is 1.15. The number of allylic oxidation sites excluding steroid dienone is 6. The standard InChI is InChI=1S/C10H14/c1-4-10-6-5-8(2)9(3)7-10/h4-5,7H,6H2,1-3H3/b10-4+. The Balaban J connectivity index is 2.86. The van der Waals surface area contributed by atoms with Crippen LogP contribution in [0.2, 0.25) is 0 Å². The van der Waals surface area contributed by atoms with E-state index in [-0.39, 0.29) is 0 Å². The van der Waals surface area contributed by atoms with Crippen molar-refractivity contribution in [3.63, 3.8) is 0 Å². The van der Waals surface area contributed by atoms with Gasteiger partial charge in [0.1, 0.15) is 0 Å². The van der Waals surface area contributed by atoms with Crippen LogP contribution in [-0.4, -0.2) is 0 Å². The first-order valence-corrected chi connectivity index (χ1v) is 3.74. The SMILES string of the molecule is C/C=C1/C=C(C)C(C)=CC1. The fourth-order valence-corrected chi connectivity index (χ4v) is 1.08. The minimum Gasteiger partial charge on any atom is -0.0841 e. The second-order valence-electron chi connectivity index (χ2n) is 2.78. The summed E-state index contributed by atoms with van der Waals surface area (Å²) in [4.78, 5) is 0. The molecule has 0 saturated carbocycles. The summed E-state index contributed by atoms with van der Waals surface area (Å²) in [6, 6.07) is 0. The zero-order chi connectivity index (χ0) is 7.56. The third-order valence-corrected chi connectivity index (χ3v) is 2.04. The van der Waals surface area contributed by atoms with Crippen molar-refractivity contribution in [1.29, 1.82) is 0 Å². The van der Waals surface area contributed by atoms with Crippen molar-refractivity contribution >= 4 is 0 Å². The molecule has 0 aromatic heterocycles. The molecule has 0 N–H and O–H groups in total. The zero-order valence-corrected chi connectivity index (χ0v) is 6.94. The van der Waals surface area contributed by atoms with E-state index in [9.17, 15) is 0 Å². The van der Waals surface area contributed by atoms with Crippen molar-refractivity contribution in [2.24, 2.45) is 0 Å². The van der Waals surface area contributed by atoms with Crippen LogP contribution in [0.4, 0.5) is 0 Å². The van der Waals surface area contributed by atoms with E-state index in [1.165, 1.54) is 16.7 Å². The Hall–Kier alpha value is -0.780. The van der Waals surface area contributed by atoms with Gasteiger partial charge in [0.15, 0.2) is 0 Å². The molecule has 0 bridgehead atoms. The molecule has 1 rings (SSSR count). The fourth-order valence-electron chi connectivity index (χ4n) is 1.08. The minimum atomic E-state index is 1.11. The number of hydrogen-bond donors (Lipinski definition) is 0. The van der Waals surface area contributed by atoms with Crippen molar-refractivity contribution in [1.82, 2.24) is 0 Å². The Kier molecular flexibility index (Phi) is 2.10. The molecule has 0 amide bonds. The van der Waals surface area contributed by atoms with Crippen LogP contribution in [0.1, 0.15) is 27.2 Å². The summed E-state index contributed by atoms with van der Waals surface area (Å²) < 4.78 is 0. The molecule has 0 aliphatic heterocycles. The Labute approximate surface area is 62.9 Å². The Morgan fingerprint density at radius 1 is 1.30 bits per heavy atom. The molecule has 1 aliphatic rings. The minimum absolute atomic E-state index is 1.11. The summed E-state index contributed by atoms with van der Waals surface area (Å²) in [5.41, 5.74) is 4.26. The molecule has 0 radical (unpaired) electrons. The first-order valence-electron chi connectivity index (χ1n) is 3.74. The van der Waals surface area contributed by atoms with Crippen molar-refractivity contribution in [2.45, 2.75) is 27.2 Å². The van der Waals surface area contributed by atoms with E-state index in [1.807, 2.05) is 0 Å². The van der Waals surface area contributed by atoms with E-state index in [4.69, 9.17) is 0 Å². The van der Waals surface area contributed by atoms with Crippen molar-refractivity contribution in [3.8, 4) is 0 Å². The summed E-state index contributed by atoms with van der Waals surface area (Å²) in [5.74, 6) is 0. The van der Waals surface area contributed by atoms with E-state index in [1.54, 1.807) is 0 Å². The maximum Gasteiger partial charge on any atom is -0.00948 e. The third kappa shape index (κ3) is 1.38. The Bertz CT molecular complexity index is 214. The van der Waals surface area contributed by atoms with Gasteiger partial charge in [0.25, 0.3) is 0 Å². The van der Waals surface area contributed by atoms with E-state index in [0.29, 0.717) is 0 Å². The van der Waals surface area contributed by atoms with Gasteiger partial charge >= 0.3 is 0 Å². The van der Waals surface area contributed by atoms with Crippen molar-refractivity contribution in [3.05, 3.63) is 34.9 Å². The normalized spacial score (nSPS) is 22.5. The molecule has 0 aromatic carbocycles. The lowest BCUT2D eigenvalue weighted by Crippen LogP contribution is -1.89. The molecule has 10 heavy (non-hydrogen) atoms. The lowest BCUT2D eigenvalue weighted by Gasteiger charge is -2.09. The summed E-state index contributed by atoms with van der Waals surface area (Å²) >= 11 is 0. The molecule has 1 aliphatic carbocycles. The third-order valence-electron chi connectivity index (χ3n) is 2.04. The molecule has 0 atom stereocenters. The van der Waals surface area contributed by atoms with Gasteiger partial charge in [0.05, 0.1) is 0 Å². The van der Waals surface area contributed by atoms with Crippen molar-refractivity contribution in [2.75, 3.05) is 0 Å². The Morgan fingerprint density at radius 2 is 2.00 bits per heavy atom. The molecule has 0 spiro atoms. The van der Waals surface area contributed by atoms with E-state index >= 15 is 0 Å². The van der Waals surface area contributed by atoms with Gasteiger partial charge in [0.2, 0.25) is 0 Å². The van der Waals surface area contributed by atoms with E-state index in [0.717, 1.165) is 6.42 Å². The molecule has 54 valence electrons. The molecule has 0 saturated heterocycles. The molecule has 0 heteroatoms. The first-order chi connectivity index (χ1) is 4.74. The summed E-state index contributed by atoms with van der Waals surface area (Å²) in [6.07, 6.45) is 7.83. The molecule has 0 unspecified atom stereocenters. The van der Waals surface area contributed by atoms with Crippen LogP contribution in [0, 0.1) is 0 Å². The van der Waals surface area contributed by atoms with Gasteiger partial charge in [0, 0.05) is 0 Å². The molecule has 0 fully saturated rings. The maximum absolute atomic E-state index is 2.28. The van der Waals surface area contributed by atoms with E-state index in [2.05, 4.69) is 39.0 Å². The van der Waals surface area contributed by atoms with Crippen LogP contribution in [-0.2, 0) is 0 Å². The number of hydrogen-bond acceptors (Lipinski definition) is 0. The highest BCUT2D eigenvalue weighted by Crippen LogP contribution is 2.20. The van der Waals surface area contributed by atoms with Crippen LogP contribution in [0.5, 0.6) is 0 Å². The molecular formula is C10H14. The van der Waals surface area contributed by atoms with Gasteiger partial charge in [-0.3, -0.25) is 0 Å². The van der Waals surface area contributed by atoms with E-state index < -0.39 is 0 Å². The molecule has 0 aromatic rings. The van der Waals surface area contributed by atoms with Gasteiger partial charge in [-0.15, -0.1) is 0 Å². The summed E-state index contributed by atoms with van der Waals surface area (Å²) in [6.45, 7) is 6.42. The van der Waals surface area contributed by atoms with Gasteiger partial charge in [-0.1, -0.05) is 23.8 Å². The molecular weight excluding hydrogens is 120 g/mol. The van der Waals surface area contributed by atoms with Gasteiger partial charge in [-0.2, -0.15) is 0 Å². The van der Waals surface area contributed by atoms with Crippen LogP contribution in [0.3, 0.4) is 0 Å². The highest BCUT2D eigenvalue weighted by molar-refractivity contribution is 5.40. The summed E-state index contributed by atoms with van der Waals surface area (Å²) in [5, 5.41) is 0. The van der Waals surface area contributed by atoms with Gasteiger partial charge in [-0.05, 0) is 38.3 Å². The largest absolute Gasteiger partial charge is 0.0841 e. The second-order valence-corrected chi connectivity index (χ2v) is 2.78. The average Bonchev–Trinajstić information content (AvgIpc) is 1.95.